The molecule has 2 rings (SSSR count). The van der Waals surface area contributed by atoms with Crippen LogP contribution in [0.2, 0.25) is 0 Å². The largest absolute Gasteiger partial charge is 0.378 e. The van der Waals surface area contributed by atoms with Crippen molar-refractivity contribution in [3.05, 3.63) is 59.9 Å². The van der Waals surface area contributed by atoms with Gasteiger partial charge in [-0.15, -0.1) is 0 Å². The zero-order chi connectivity index (χ0) is 13.0. The summed E-state index contributed by atoms with van der Waals surface area (Å²) < 4.78 is 0. The molecule has 0 aliphatic carbocycles. The standard InChI is InChI=1S/C15H19N3/c1-16-15(13-7-5-9-17-11-13)12-6-4-8-14(10-12)18(2)3/h4-11,15-16H,1-3H3. The highest BCUT2D eigenvalue weighted by molar-refractivity contribution is 5.49. The maximum Gasteiger partial charge on any atom is 0.0590 e. The van der Waals surface area contributed by atoms with Crippen LogP contribution < -0.4 is 10.2 Å². The van der Waals surface area contributed by atoms with Gasteiger partial charge in [-0.25, -0.2) is 0 Å². The van der Waals surface area contributed by atoms with Crippen molar-refractivity contribution in [2.24, 2.45) is 0 Å². The van der Waals surface area contributed by atoms with E-state index >= 15 is 0 Å². The molecule has 1 heterocycles. The van der Waals surface area contributed by atoms with Gasteiger partial charge in [0, 0.05) is 32.2 Å². The zero-order valence-electron chi connectivity index (χ0n) is 11.1. The lowest BCUT2D eigenvalue weighted by atomic mass is 10.00. The number of anilines is 1. The van der Waals surface area contributed by atoms with Gasteiger partial charge in [0.15, 0.2) is 0 Å². The van der Waals surface area contributed by atoms with Crippen molar-refractivity contribution in [3.63, 3.8) is 0 Å². The molecule has 3 heteroatoms. The monoisotopic (exact) mass is 241 g/mol. The molecular weight excluding hydrogens is 222 g/mol. The fourth-order valence-electron chi connectivity index (χ4n) is 2.06. The molecule has 1 N–H and O–H groups in total. The van der Waals surface area contributed by atoms with E-state index in [-0.39, 0.29) is 6.04 Å². The summed E-state index contributed by atoms with van der Waals surface area (Å²) in [7, 11) is 6.08. The normalized spacial score (nSPS) is 12.2. The third-order valence-corrected chi connectivity index (χ3v) is 3.03. The Kier molecular flexibility index (Phi) is 3.95. The van der Waals surface area contributed by atoms with Crippen LogP contribution in [-0.2, 0) is 0 Å². The van der Waals surface area contributed by atoms with E-state index in [0.717, 1.165) is 0 Å². The van der Waals surface area contributed by atoms with E-state index in [4.69, 9.17) is 0 Å². The summed E-state index contributed by atoms with van der Waals surface area (Å²) in [5.74, 6) is 0. The van der Waals surface area contributed by atoms with Crippen LogP contribution in [-0.4, -0.2) is 26.1 Å². The van der Waals surface area contributed by atoms with Crippen molar-refractivity contribution in [2.45, 2.75) is 6.04 Å². The molecule has 0 aliphatic heterocycles. The van der Waals surface area contributed by atoms with Crippen molar-refractivity contribution in [3.8, 4) is 0 Å². The molecule has 1 aromatic carbocycles. The summed E-state index contributed by atoms with van der Waals surface area (Å²) >= 11 is 0. The summed E-state index contributed by atoms with van der Waals surface area (Å²) in [6, 6.07) is 12.8. The predicted octanol–water partition coefficient (Wildman–Crippen LogP) is 2.46. The number of benzene rings is 1. The predicted molar refractivity (Wildman–Crippen MR) is 75.9 cm³/mol. The number of nitrogens with one attached hydrogen (secondary N) is 1. The molecule has 0 saturated heterocycles. The molecule has 1 atom stereocenters. The maximum absolute atomic E-state index is 4.19. The minimum atomic E-state index is 0.179. The molecule has 1 unspecified atom stereocenters. The van der Waals surface area contributed by atoms with E-state index in [2.05, 4.69) is 59.6 Å². The molecule has 0 aliphatic rings. The summed E-state index contributed by atoms with van der Waals surface area (Å²) in [6.45, 7) is 0. The number of aromatic nitrogens is 1. The smallest absolute Gasteiger partial charge is 0.0590 e. The van der Waals surface area contributed by atoms with Gasteiger partial charge in [0.2, 0.25) is 0 Å². The molecule has 0 fully saturated rings. The van der Waals surface area contributed by atoms with E-state index in [1.165, 1.54) is 16.8 Å². The Morgan fingerprint density at radius 3 is 2.50 bits per heavy atom. The Morgan fingerprint density at radius 2 is 1.89 bits per heavy atom. The van der Waals surface area contributed by atoms with Crippen molar-refractivity contribution in [1.82, 2.24) is 10.3 Å². The summed E-state index contributed by atoms with van der Waals surface area (Å²) in [6.07, 6.45) is 3.70. The van der Waals surface area contributed by atoms with Crippen LogP contribution in [0.1, 0.15) is 17.2 Å². The quantitative estimate of drug-likeness (QED) is 0.891. The number of hydrogen-bond donors (Lipinski definition) is 1. The lowest BCUT2D eigenvalue weighted by Crippen LogP contribution is -2.18. The molecule has 0 saturated carbocycles. The van der Waals surface area contributed by atoms with Crippen LogP contribution in [0.15, 0.2) is 48.8 Å². The third kappa shape index (κ3) is 2.68. The Balaban J connectivity index is 2.36. The minimum Gasteiger partial charge on any atom is -0.378 e. The van der Waals surface area contributed by atoms with E-state index in [0.29, 0.717) is 0 Å². The lowest BCUT2D eigenvalue weighted by Gasteiger charge is -2.19. The Labute approximate surface area is 108 Å². The average Bonchev–Trinajstić information content (AvgIpc) is 2.41. The second-order valence-electron chi connectivity index (χ2n) is 4.50. The van der Waals surface area contributed by atoms with Gasteiger partial charge in [-0.3, -0.25) is 4.98 Å². The minimum absolute atomic E-state index is 0.179. The van der Waals surface area contributed by atoms with Crippen molar-refractivity contribution in [1.29, 1.82) is 0 Å². The zero-order valence-corrected chi connectivity index (χ0v) is 11.1. The SMILES string of the molecule is CNC(c1cccnc1)c1cccc(N(C)C)c1. The molecule has 0 bridgehead atoms. The Morgan fingerprint density at radius 1 is 1.11 bits per heavy atom. The van der Waals surface area contributed by atoms with Crippen molar-refractivity contribution < 1.29 is 0 Å². The van der Waals surface area contributed by atoms with Gasteiger partial charge in [0.05, 0.1) is 6.04 Å². The first kappa shape index (κ1) is 12.6. The van der Waals surface area contributed by atoms with Crippen LogP contribution in [0.5, 0.6) is 0 Å². The second kappa shape index (κ2) is 5.65. The van der Waals surface area contributed by atoms with E-state index < -0.39 is 0 Å². The highest BCUT2D eigenvalue weighted by atomic mass is 15.1. The number of rotatable bonds is 4. The van der Waals surface area contributed by atoms with Crippen molar-refractivity contribution in [2.75, 3.05) is 26.0 Å². The highest BCUT2D eigenvalue weighted by Gasteiger charge is 2.12. The van der Waals surface area contributed by atoms with Crippen LogP contribution in [0.25, 0.3) is 0 Å². The first-order valence-electron chi connectivity index (χ1n) is 6.07. The maximum atomic E-state index is 4.19. The fraction of sp³-hybridized carbons (Fsp3) is 0.267. The number of hydrogen-bond acceptors (Lipinski definition) is 3. The number of nitrogens with zero attached hydrogens (tertiary/aromatic N) is 2. The fourth-order valence-corrected chi connectivity index (χ4v) is 2.06. The highest BCUT2D eigenvalue weighted by Crippen LogP contribution is 2.24. The van der Waals surface area contributed by atoms with Crippen LogP contribution in [0.4, 0.5) is 5.69 Å². The topological polar surface area (TPSA) is 28.2 Å². The lowest BCUT2D eigenvalue weighted by molar-refractivity contribution is 0.688. The first-order valence-corrected chi connectivity index (χ1v) is 6.07. The third-order valence-electron chi connectivity index (χ3n) is 3.03. The molecule has 1 aromatic heterocycles. The van der Waals surface area contributed by atoms with Crippen LogP contribution >= 0.6 is 0 Å². The summed E-state index contributed by atoms with van der Waals surface area (Å²) in [5.41, 5.74) is 3.63. The van der Waals surface area contributed by atoms with Gasteiger partial charge in [0.25, 0.3) is 0 Å². The molecule has 0 spiro atoms. The molecule has 2 aromatic rings. The molecule has 18 heavy (non-hydrogen) atoms. The van der Waals surface area contributed by atoms with Gasteiger partial charge >= 0.3 is 0 Å². The molecule has 3 nitrogen and oxygen atoms in total. The second-order valence-corrected chi connectivity index (χ2v) is 4.50. The van der Waals surface area contributed by atoms with Gasteiger partial charge in [0.1, 0.15) is 0 Å². The van der Waals surface area contributed by atoms with E-state index in [1.54, 1.807) is 6.20 Å². The summed E-state index contributed by atoms with van der Waals surface area (Å²) in [5, 5.41) is 3.34. The molecule has 94 valence electrons. The Bertz CT molecular complexity index is 494. The molecular formula is C15H19N3. The Hall–Kier alpha value is -1.87. The van der Waals surface area contributed by atoms with Crippen LogP contribution in [0.3, 0.4) is 0 Å². The molecule has 0 radical (unpaired) electrons. The van der Waals surface area contributed by atoms with Gasteiger partial charge in [-0.2, -0.15) is 0 Å². The van der Waals surface area contributed by atoms with Crippen molar-refractivity contribution >= 4 is 5.69 Å². The van der Waals surface area contributed by atoms with E-state index in [9.17, 15) is 0 Å². The van der Waals surface area contributed by atoms with Gasteiger partial charge in [-0.1, -0.05) is 18.2 Å². The van der Waals surface area contributed by atoms with E-state index in [1.807, 2.05) is 19.3 Å². The average molecular weight is 241 g/mol. The van der Waals surface area contributed by atoms with Gasteiger partial charge < -0.3 is 10.2 Å². The first-order chi connectivity index (χ1) is 8.72. The summed E-state index contributed by atoms with van der Waals surface area (Å²) in [4.78, 5) is 6.30. The molecule has 0 amide bonds. The van der Waals surface area contributed by atoms with Crippen LogP contribution in [0, 0.1) is 0 Å². The number of pyridine rings is 1. The van der Waals surface area contributed by atoms with Gasteiger partial charge in [-0.05, 0) is 36.4 Å².